The van der Waals surface area contributed by atoms with E-state index >= 15 is 0 Å². The van der Waals surface area contributed by atoms with Crippen molar-refractivity contribution in [1.29, 1.82) is 0 Å². The molecule has 158 valence electrons. The summed E-state index contributed by atoms with van der Waals surface area (Å²) in [6, 6.07) is 0. The van der Waals surface area contributed by atoms with Crippen molar-refractivity contribution in [2.45, 2.75) is 66.6 Å². The first-order valence-electron chi connectivity index (χ1n) is 10.1. The van der Waals surface area contributed by atoms with E-state index in [4.69, 9.17) is 9.47 Å². The number of fused-ring (bicyclic) bond motifs is 1. The maximum absolute atomic E-state index is 12.3. The normalized spacial score (nSPS) is 26.9. The largest absolute Gasteiger partial charge is 0.481 e. The zero-order valence-corrected chi connectivity index (χ0v) is 17.5. The number of amides is 1. The Hall–Kier alpha value is -2.05. The predicted molar refractivity (Wildman–Crippen MR) is 103 cm³/mol. The Balaban J connectivity index is 1.97. The third kappa shape index (κ3) is 5.06. The third-order valence-corrected chi connectivity index (χ3v) is 5.84. The second kappa shape index (κ2) is 8.97. The van der Waals surface area contributed by atoms with Gasteiger partial charge in [-0.2, -0.15) is 0 Å². The molecule has 0 heterocycles. The van der Waals surface area contributed by atoms with Gasteiger partial charge in [0.1, 0.15) is 0 Å². The number of nitrogens with one attached hydrogen (secondary N) is 1. The van der Waals surface area contributed by atoms with Crippen molar-refractivity contribution in [3.8, 4) is 0 Å². The molecule has 1 fully saturated rings. The van der Waals surface area contributed by atoms with E-state index in [9.17, 15) is 19.5 Å². The average Bonchev–Trinajstić information content (AvgIpc) is 2.95. The van der Waals surface area contributed by atoms with Gasteiger partial charge >= 0.3 is 18.0 Å². The molecular formula is C21H33NO6. The van der Waals surface area contributed by atoms with Crippen LogP contribution in [0.1, 0.15) is 60.3 Å². The van der Waals surface area contributed by atoms with Gasteiger partial charge in [-0.15, -0.1) is 0 Å². The summed E-state index contributed by atoms with van der Waals surface area (Å²) in [4.78, 5) is 35.5. The Kier molecular flexibility index (Phi) is 7.12. The highest BCUT2D eigenvalue weighted by Crippen LogP contribution is 2.59. The predicted octanol–water partition coefficient (Wildman–Crippen LogP) is 3.73. The van der Waals surface area contributed by atoms with Crippen molar-refractivity contribution >= 4 is 18.0 Å². The number of carboxylic acid groups (broad SMARTS) is 1. The van der Waals surface area contributed by atoms with E-state index in [-0.39, 0.29) is 30.7 Å². The molecule has 2 rings (SSSR count). The molecule has 7 heteroatoms. The van der Waals surface area contributed by atoms with Gasteiger partial charge in [0, 0.05) is 17.9 Å². The summed E-state index contributed by atoms with van der Waals surface area (Å²) in [5.74, 6) is -1.15. The highest BCUT2D eigenvalue weighted by molar-refractivity contribution is 5.72. The molecule has 4 atom stereocenters. The van der Waals surface area contributed by atoms with Crippen LogP contribution in [0, 0.1) is 29.1 Å². The number of carbonyl (C=O) groups is 3. The monoisotopic (exact) mass is 395 g/mol. The first-order valence-corrected chi connectivity index (χ1v) is 10.1. The highest BCUT2D eigenvalue weighted by Gasteiger charge is 2.55. The summed E-state index contributed by atoms with van der Waals surface area (Å²) < 4.78 is 10.6. The first-order chi connectivity index (χ1) is 13.1. The molecule has 2 aliphatic carbocycles. The van der Waals surface area contributed by atoms with Crippen LogP contribution >= 0.6 is 0 Å². The Labute approximate surface area is 166 Å². The number of esters is 1. The van der Waals surface area contributed by atoms with Crippen molar-refractivity contribution in [3.63, 3.8) is 0 Å². The van der Waals surface area contributed by atoms with Gasteiger partial charge < -0.3 is 19.9 Å². The summed E-state index contributed by atoms with van der Waals surface area (Å²) in [6.07, 6.45) is 3.32. The molecule has 1 saturated carbocycles. The molecule has 0 aromatic heterocycles. The Morgan fingerprint density at radius 2 is 1.93 bits per heavy atom. The van der Waals surface area contributed by atoms with E-state index in [1.807, 2.05) is 0 Å². The lowest BCUT2D eigenvalue weighted by molar-refractivity contribution is -0.179. The maximum Gasteiger partial charge on any atom is 0.410 e. The second-order valence-corrected chi connectivity index (χ2v) is 8.77. The van der Waals surface area contributed by atoms with Crippen molar-refractivity contribution in [3.05, 3.63) is 11.6 Å². The molecule has 2 aliphatic rings. The minimum atomic E-state index is -0.975. The van der Waals surface area contributed by atoms with E-state index in [0.717, 1.165) is 19.3 Å². The first kappa shape index (κ1) is 22.2. The van der Waals surface area contributed by atoms with Crippen LogP contribution in [0.15, 0.2) is 11.6 Å². The van der Waals surface area contributed by atoms with E-state index in [1.54, 1.807) is 27.7 Å². The van der Waals surface area contributed by atoms with Crippen LogP contribution in [0.3, 0.4) is 0 Å². The topological polar surface area (TPSA) is 102 Å². The number of hydrogen-bond donors (Lipinski definition) is 2. The van der Waals surface area contributed by atoms with Gasteiger partial charge in [-0.05, 0) is 31.1 Å². The van der Waals surface area contributed by atoms with Gasteiger partial charge in [0.05, 0.1) is 12.3 Å². The van der Waals surface area contributed by atoms with Gasteiger partial charge in [-0.25, -0.2) is 4.79 Å². The summed E-state index contributed by atoms with van der Waals surface area (Å²) in [5.41, 5.74) is 0.888. The molecule has 7 nitrogen and oxygen atoms in total. The minimum Gasteiger partial charge on any atom is -0.481 e. The van der Waals surface area contributed by atoms with Gasteiger partial charge in [0.2, 0.25) is 0 Å². The van der Waals surface area contributed by atoms with Gasteiger partial charge in [0.15, 0.2) is 0 Å². The number of rotatable bonds is 9. The van der Waals surface area contributed by atoms with E-state index in [2.05, 4.69) is 18.3 Å². The third-order valence-electron chi connectivity index (χ3n) is 5.84. The van der Waals surface area contributed by atoms with E-state index < -0.39 is 29.7 Å². The smallest absolute Gasteiger partial charge is 0.410 e. The number of aliphatic carboxylic acids is 1. The molecule has 0 bridgehead atoms. The van der Waals surface area contributed by atoms with Gasteiger partial charge in [-0.1, -0.05) is 46.3 Å². The fourth-order valence-corrected chi connectivity index (χ4v) is 4.24. The average molecular weight is 395 g/mol. The van der Waals surface area contributed by atoms with Crippen molar-refractivity contribution in [1.82, 2.24) is 5.32 Å². The van der Waals surface area contributed by atoms with Crippen LogP contribution in [0.2, 0.25) is 0 Å². The molecule has 28 heavy (non-hydrogen) atoms. The summed E-state index contributed by atoms with van der Waals surface area (Å²) in [7, 11) is 0. The van der Waals surface area contributed by atoms with Crippen molar-refractivity contribution in [2.75, 3.05) is 6.54 Å². The van der Waals surface area contributed by atoms with Gasteiger partial charge in [0.25, 0.3) is 6.29 Å². The molecule has 0 radical (unpaired) electrons. The molecule has 0 aromatic rings. The number of allylic oxidation sites excluding steroid dienone is 2. The number of carboxylic acids is 1. The standard InChI is InChI=1S/C21H33NO6/c1-6-14-7-15-9-21(10-17(23)24,16(15)8-14)11-22-20(26)28-19(13(4)5)27-18(25)12(2)3/h8,12-13,15-16,19H,6-7,9-11H2,1-5H3,(H,22,26)(H,23,24)/t15-,16-,19-,21-/m0/s1. The van der Waals surface area contributed by atoms with Crippen LogP contribution < -0.4 is 5.32 Å². The van der Waals surface area contributed by atoms with Crippen molar-refractivity contribution < 1.29 is 29.0 Å². The lowest BCUT2D eigenvalue weighted by Gasteiger charge is -2.51. The second-order valence-electron chi connectivity index (χ2n) is 8.77. The minimum absolute atomic E-state index is 0.0118. The molecule has 0 saturated heterocycles. The number of carbonyl (C=O) groups excluding carboxylic acids is 2. The number of alkyl carbamates (subject to hydrolysis) is 1. The maximum atomic E-state index is 12.3. The summed E-state index contributed by atoms with van der Waals surface area (Å²) in [5, 5.41) is 12.1. The summed E-state index contributed by atoms with van der Waals surface area (Å²) >= 11 is 0. The zero-order valence-electron chi connectivity index (χ0n) is 17.5. The molecule has 0 spiro atoms. The number of ether oxygens (including phenoxy) is 2. The van der Waals surface area contributed by atoms with Crippen LogP contribution in [0.25, 0.3) is 0 Å². The molecule has 1 amide bonds. The molecule has 0 aliphatic heterocycles. The van der Waals surface area contributed by atoms with Crippen LogP contribution in [0.4, 0.5) is 4.79 Å². The lowest BCUT2D eigenvalue weighted by Crippen LogP contribution is -2.53. The summed E-state index contributed by atoms with van der Waals surface area (Å²) in [6.45, 7) is 9.35. The fraction of sp³-hybridized carbons (Fsp3) is 0.762. The Bertz CT molecular complexity index is 641. The van der Waals surface area contributed by atoms with E-state index in [0.29, 0.717) is 5.92 Å². The van der Waals surface area contributed by atoms with Crippen LogP contribution in [-0.4, -0.2) is 36.0 Å². The SMILES string of the molecule is CCC1=C[C@H]2[C@@H](C1)C[C@@]2(CNC(=O)O[C@H](OC(=O)C(C)C)C(C)C)CC(=O)O. The van der Waals surface area contributed by atoms with Crippen molar-refractivity contribution in [2.24, 2.45) is 29.1 Å². The molecular weight excluding hydrogens is 362 g/mol. The molecule has 0 unspecified atom stereocenters. The molecule has 0 aromatic carbocycles. The quantitative estimate of drug-likeness (QED) is 0.350. The zero-order chi connectivity index (χ0) is 21.1. The van der Waals surface area contributed by atoms with Crippen LogP contribution in [0.5, 0.6) is 0 Å². The molecule has 2 N–H and O–H groups in total. The highest BCUT2D eigenvalue weighted by atomic mass is 16.7. The Morgan fingerprint density at radius 1 is 1.25 bits per heavy atom. The van der Waals surface area contributed by atoms with Gasteiger partial charge in [-0.3, -0.25) is 9.59 Å². The Morgan fingerprint density at radius 3 is 2.46 bits per heavy atom. The lowest BCUT2D eigenvalue weighted by atomic mass is 9.53. The van der Waals surface area contributed by atoms with Crippen LogP contribution in [-0.2, 0) is 19.1 Å². The fourth-order valence-electron chi connectivity index (χ4n) is 4.24. The number of hydrogen-bond acceptors (Lipinski definition) is 5. The van der Waals surface area contributed by atoms with E-state index in [1.165, 1.54) is 5.57 Å².